The number of nitrogens with zero attached hydrogens (tertiary/aromatic N) is 4. The van der Waals surface area contributed by atoms with Crippen LogP contribution >= 0.6 is 0 Å². The summed E-state index contributed by atoms with van der Waals surface area (Å²) in [5.41, 5.74) is -0.538. The van der Waals surface area contributed by atoms with Gasteiger partial charge in [-0.05, 0) is 20.8 Å². The number of carbonyl (C=O) groups excluding carboxylic acids is 1. The molecule has 0 saturated carbocycles. The first kappa shape index (κ1) is 13.8. The highest BCUT2D eigenvalue weighted by Crippen LogP contribution is 2.26. The molecule has 1 aliphatic heterocycles. The molecule has 0 spiro atoms. The zero-order valence-electron chi connectivity index (χ0n) is 11.7. The van der Waals surface area contributed by atoms with Gasteiger partial charge in [0.2, 0.25) is 0 Å². The number of hydrogen-bond acceptors (Lipinski definition) is 5. The summed E-state index contributed by atoms with van der Waals surface area (Å²) < 4.78 is 6.87. The lowest BCUT2D eigenvalue weighted by Gasteiger charge is -2.24. The van der Waals surface area contributed by atoms with Crippen molar-refractivity contribution >= 4 is 6.09 Å². The number of aromatic nitrogens is 3. The second-order valence-electron chi connectivity index (χ2n) is 5.84. The Morgan fingerprint density at radius 3 is 2.68 bits per heavy atom. The fourth-order valence-electron chi connectivity index (χ4n) is 2.04. The third-order valence-corrected chi connectivity index (χ3v) is 2.89. The van der Waals surface area contributed by atoms with E-state index >= 15 is 0 Å². The summed E-state index contributed by atoms with van der Waals surface area (Å²) in [4.78, 5) is 17.6. The largest absolute Gasteiger partial charge is 0.444 e. The Labute approximate surface area is 112 Å². The molecule has 1 aliphatic rings. The van der Waals surface area contributed by atoms with E-state index in [-0.39, 0.29) is 12.5 Å². The molecule has 7 heteroatoms. The predicted octanol–water partition coefficient (Wildman–Crippen LogP) is 0.510. The summed E-state index contributed by atoms with van der Waals surface area (Å²) in [6, 6.07) is 0. The average Bonchev–Trinajstić information content (AvgIpc) is 2.82. The normalized spacial score (nSPS) is 23.7. The van der Waals surface area contributed by atoms with E-state index in [1.165, 1.54) is 4.90 Å². The maximum absolute atomic E-state index is 11.9. The second kappa shape index (κ2) is 4.80. The molecule has 0 aromatic carbocycles. The average molecular weight is 268 g/mol. The molecule has 1 N–H and O–H groups in total. The molecule has 1 aromatic heterocycles. The van der Waals surface area contributed by atoms with Gasteiger partial charge in [-0.3, -0.25) is 4.68 Å². The van der Waals surface area contributed by atoms with Gasteiger partial charge in [-0.25, -0.2) is 9.78 Å². The Hall–Kier alpha value is -1.63. The van der Waals surface area contributed by atoms with E-state index in [0.29, 0.717) is 12.4 Å². The lowest BCUT2D eigenvalue weighted by atomic mass is 10.1. The molecule has 2 atom stereocenters. The van der Waals surface area contributed by atoms with Crippen LogP contribution in [0.2, 0.25) is 0 Å². The van der Waals surface area contributed by atoms with Gasteiger partial charge >= 0.3 is 6.09 Å². The lowest BCUT2D eigenvalue weighted by molar-refractivity contribution is 0.0270. The Balaban J connectivity index is 2.03. The third kappa shape index (κ3) is 3.23. The number of rotatable bonds is 1. The zero-order chi connectivity index (χ0) is 14.2. The molecule has 1 amide bonds. The summed E-state index contributed by atoms with van der Waals surface area (Å²) in [5, 5.41) is 14.2. The highest BCUT2D eigenvalue weighted by Gasteiger charge is 2.38. The minimum atomic E-state index is -0.657. The van der Waals surface area contributed by atoms with Crippen LogP contribution in [0.3, 0.4) is 0 Å². The molecule has 1 fully saturated rings. The van der Waals surface area contributed by atoms with Crippen LogP contribution in [0.25, 0.3) is 0 Å². The van der Waals surface area contributed by atoms with Gasteiger partial charge in [0.25, 0.3) is 0 Å². The van der Waals surface area contributed by atoms with Gasteiger partial charge in [0.05, 0.1) is 18.6 Å². The summed E-state index contributed by atoms with van der Waals surface area (Å²) in [7, 11) is 1.77. The molecule has 0 unspecified atom stereocenters. The SMILES string of the molecule is Cn1cnc([C@@H]2CN(C(=O)OC(C)(C)C)C[C@H]2O)n1. The smallest absolute Gasteiger partial charge is 0.410 e. The molecule has 0 aliphatic carbocycles. The highest BCUT2D eigenvalue weighted by atomic mass is 16.6. The predicted molar refractivity (Wildman–Crippen MR) is 67.6 cm³/mol. The van der Waals surface area contributed by atoms with Gasteiger partial charge in [-0.2, -0.15) is 5.10 Å². The number of β-amino-alcohol motifs (C(OH)–C–C–N with tert-alkyl or cyclic N) is 1. The number of carbonyl (C=O) groups is 1. The Morgan fingerprint density at radius 2 is 2.16 bits per heavy atom. The number of amides is 1. The summed E-state index contributed by atoms with van der Waals surface area (Å²) in [6.07, 6.45) is 0.512. The lowest BCUT2D eigenvalue weighted by Crippen LogP contribution is -2.35. The maximum atomic E-state index is 11.9. The van der Waals surface area contributed by atoms with Crippen molar-refractivity contribution in [2.45, 2.75) is 38.4 Å². The van der Waals surface area contributed by atoms with E-state index in [0.717, 1.165) is 0 Å². The van der Waals surface area contributed by atoms with Crippen molar-refractivity contribution in [3.8, 4) is 0 Å². The quantitative estimate of drug-likeness (QED) is 0.802. The molecular formula is C12H20N4O3. The monoisotopic (exact) mass is 268 g/mol. The van der Waals surface area contributed by atoms with Crippen molar-refractivity contribution in [3.05, 3.63) is 12.2 Å². The number of aliphatic hydroxyl groups is 1. The van der Waals surface area contributed by atoms with E-state index in [1.54, 1.807) is 18.1 Å². The Bertz CT molecular complexity index is 466. The Morgan fingerprint density at radius 1 is 1.47 bits per heavy atom. The van der Waals surface area contributed by atoms with E-state index in [1.807, 2.05) is 20.8 Å². The molecule has 1 aromatic rings. The van der Waals surface area contributed by atoms with Gasteiger partial charge < -0.3 is 14.7 Å². The van der Waals surface area contributed by atoms with Crippen molar-refractivity contribution in [1.82, 2.24) is 19.7 Å². The molecular weight excluding hydrogens is 248 g/mol. The van der Waals surface area contributed by atoms with E-state index < -0.39 is 17.8 Å². The van der Waals surface area contributed by atoms with E-state index in [9.17, 15) is 9.90 Å². The fraction of sp³-hybridized carbons (Fsp3) is 0.750. The van der Waals surface area contributed by atoms with Crippen LogP contribution in [0.15, 0.2) is 6.33 Å². The summed E-state index contributed by atoms with van der Waals surface area (Å²) in [5.74, 6) is 0.301. The van der Waals surface area contributed by atoms with Gasteiger partial charge in [0.15, 0.2) is 5.82 Å². The molecule has 2 rings (SSSR count). The maximum Gasteiger partial charge on any atom is 0.410 e. The molecule has 0 radical (unpaired) electrons. The first-order chi connectivity index (χ1) is 8.76. The highest BCUT2D eigenvalue weighted by molar-refractivity contribution is 5.68. The first-order valence-corrected chi connectivity index (χ1v) is 6.28. The van der Waals surface area contributed by atoms with Crippen LogP contribution in [-0.4, -0.2) is 55.7 Å². The molecule has 1 saturated heterocycles. The van der Waals surface area contributed by atoms with Gasteiger partial charge in [-0.1, -0.05) is 0 Å². The molecule has 2 heterocycles. The van der Waals surface area contributed by atoms with Gasteiger partial charge in [0.1, 0.15) is 11.9 Å². The van der Waals surface area contributed by atoms with Gasteiger partial charge in [0, 0.05) is 13.6 Å². The zero-order valence-corrected chi connectivity index (χ0v) is 11.7. The van der Waals surface area contributed by atoms with Crippen molar-refractivity contribution in [2.24, 2.45) is 7.05 Å². The number of ether oxygens (including phenoxy) is 1. The fourth-order valence-corrected chi connectivity index (χ4v) is 2.04. The van der Waals surface area contributed by atoms with Crippen LogP contribution in [0.5, 0.6) is 0 Å². The molecule has 106 valence electrons. The standard InChI is InChI=1S/C12H20N4O3/c1-12(2,3)19-11(18)16-5-8(9(17)6-16)10-13-7-15(4)14-10/h7-9,17H,5-6H2,1-4H3/t8-,9-/m1/s1. The number of aryl methyl sites for hydroxylation is 1. The third-order valence-electron chi connectivity index (χ3n) is 2.89. The minimum Gasteiger partial charge on any atom is -0.444 e. The number of likely N-dealkylation sites (tertiary alicyclic amines) is 1. The van der Waals surface area contributed by atoms with Gasteiger partial charge in [-0.15, -0.1) is 0 Å². The minimum absolute atomic E-state index is 0.248. The number of hydrogen-bond donors (Lipinski definition) is 1. The van der Waals surface area contributed by atoms with Crippen LogP contribution in [0, 0.1) is 0 Å². The topological polar surface area (TPSA) is 80.5 Å². The van der Waals surface area contributed by atoms with Crippen molar-refractivity contribution < 1.29 is 14.6 Å². The second-order valence-corrected chi connectivity index (χ2v) is 5.84. The van der Waals surface area contributed by atoms with E-state index in [4.69, 9.17) is 4.74 Å². The molecule has 0 bridgehead atoms. The van der Waals surface area contributed by atoms with E-state index in [2.05, 4.69) is 10.1 Å². The summed E-state index contributed by atoms with van der Waals surface area (Å²) >= 11 is 0. The molecule has 7 nitrogen and oxygen atoms in total. The van der Waals surface area contributed by atoms with Crippen LogP contribution in [0.1, 0.15) is 32.5 Å². The van der Waals surface area contributed by atoms with Crippen molar-refractivity contribution in [3.63, 3.8) is 0 Å². The molecule has 19 heavy (non-hydrogen) atoms. The van der Waals surface area contributed by atoms with Crippen LogP contribution in [0.4, 0.5) is 4.79 Å². The van der Waals surface area contributed by atoms with Crippen LogP contribution < -0.4 is 0 Å². The van der Waals surface area contributed by atoms with Crippen molar-refractivity contribution in [1.29, 1.82) is 0 Å². The first-order valence-electron chi connectivity index (χ1n) is 6.28. The number of aliphatic hydroxyl groups excluding tert-OH is 1. The van der Waals surface area contributed by atoms with Crippen molar-refractivity contribution in [2.75, 3.05) is 13.1 Å². The van der Waals surface area contributed by atoms with Crippen LogP contribution in [-0.2, 0) is 11.8 Å². The summed E-state index contributed by atoms with van der Waals surface area (Å²) in [6.45, 7) is 6.07. The Kier molecular flexibility index (Phi) is 3.49.